The number of hydrogen-bond acceptors (Lipinski definition) is 0. The van der Waals surface area contributed by atoms with E-state index in [0.717, 1.165) is 0 Å². The Balaban J connectivity index is -0.000000320. The van der Waals surface area contributed by atoms with Crippen molar-refractivity contribution >= 4 is 48.9 Å². The van der Waals surface area contributed by atoms with E-state index in [1.165, 1.54) is 180 Å². The van der Waals surface area contributed by atoms with Gasteiger partial charge in [0.1, 0.15) is 0 Å². The van der Waals surface area contributed by atoms with Gasteiger partial charge in [0.2, 0.25) is 48.9 Å². The molecule has 0 aromatic rings. The van der Waals surface area contributed by atoms with Gasteiger partial charge in [-0.15, -0.1) is 15.8 Å². The van der Waals surface area contributed by atoms with E-state index in [1.807, 2.05) is 0 Å². The van der Waals surface area contributed by atoms with Crippen molar-refractivity contribution in [2.45, 2.75) is 152 Å². The maximum absolute atomic E-state index is 2.27. The van der Waals surface area contributed by atoms with E-state index < -0.39 is 0 Å². The van der Waals surface area contributed by atoms with E-state index in [0.29, 0.717) is 0 Å². The molecule has 0 heterocycles. The second kappa shape index (κ2) is 38.2. The summed E-state index contributed by atoms with van der Waals surface area (Å²) in [6, 6.07) is 0. The van der Waals surface area contributed by atoms with E-state index >= 15 is 0 Å². The molecule has 0 saturated heterocycles. The summed E-state index contributed by atoms with van der Waals surface area (Å²) in [6.45, 7) is 6.81. The molecule has 0 aromatic carbocycles. The summed E-state index contributed by atoms with van der Waals surface area (Å²) < 4.78 is 0. The Bertz CT molecular complexity index is 147. The van der Waals surface area contributed by atoms with Crippen LogP contribution in [0.15, 0.2) is 0 Å². The Hall–Kier alpha value is 1.60. The lowest BCUT2D eigenvalue weighted by Crippen LogP contribution is -1.77. The van der Waals surface area contributed by atoms with Gasteiger partial charge in [0.15, 0.2) is 0 Å². The summed E-state index contributed by atoms with van der Waals surface area (Å²) in [4.78, 5) is 0. The van der Waals surface area contributed by atoms with Crippen molar-refractivity contribution in [3.63, 3.8) is 0 Å². The van der Waals surface area contributed by atoms with Crippen molar-refractivity contribution in [2.75, 3.05) is 0 Å². The topological polar surface area (TPSA) is 0 Å². The molecule has 0 atom stereocenters. The van der Waals surface area contributed by atoms with E-state index in [2.05, 4.69) is 20.8 Å². The molecular weight excluding hydrogens is 369 g/mol. The predicted molar refractivity (Wildman–Crippen MR) is 140 cm³/mol. The maximum Gasteiger partial charge on any atom is 0.211 e. The van der Waals surface area contributed by atoms with Crippen LogP contribution in [0.1, 0.15) is 136 Å². The molecule has 0 aliphatic heterocycles. The summed E-state index contributed by atoms with van der Waals surface area (Å²) in [5.41, 5.74) is 0. The second-order valence-electron chi connectivity index (χ2n) is 8.30. The molecule has 0 N–H and O–H groups in total. The summed E-state index contributed by atoms with van der Waals surface area (Å²) >= 11 is 4.22. The normalized spacial score (nSPS) is 9.89. The lowest BCUT2D eigenvalue weighted by atomic mass is 10.1. The zero-order valence-corrected chi connectivity index (χ0v) is 26.8. The Kier molecular flexibility index (Phi) is 47.1. The third-order valence-electron chi connectivity index (χ3n) is 5.12. The van der Waals surface area contributed by atoms with Gasteiger partial charge in [-0.1, -0.05) is 136 Å². The van der Waals surface area contributed by atoms with Crippen LogP contribution in [-0.2, 0) is 0 Å². The van der Waals surface area contributed by atoms with Crippen LogP contribution in [-0.4, -0.2) is 48.9 Å². The Morgan fingerprint density at radius 2 is 0.481 bits per heavy atom. The lowest BCUT2D eigenvalue weighted by Gasteiger charge is -1.96. The van der Waals surface area contributed by atoms with Gasteiger partial charge in [-0.3, -0.25) is 0 Å². The molecule has 0 aliphatic rings. The predicted octanol–water partition coefficient (Wildman–Crippen LogP) is 7.19. The average molecular weight is 427 g/mol. The van der Waals surface area contributed by atoms with Crippen molar-refractivity contribution < 1.29 is 0 Å². The Morgan fingerprint density at radius 3 is 0.667 bits per heavy atom. The lowest BCUT2D eigenvalue weighted by molar-refractivity contribution is 0.624. The first-order valence-electron chi connectivity index (χ1n) is 13.2. The summed E-state index contributed by atoms with van der Waals surface area (Å²) in [5, 5.41) is 4.52. The number of rotatable bonds is 18. The molecule has 0 rings (SSSR count). The number of unbranched alkanes of at least 4 members (excludes halogenated alkanes) is 15. The van der Waals surface area contributed by atoms with E-state index in [4.69, 9.17) is 0 Å². The molecule has 0 unspecified atom stereocenters. The molecule has 0 amide bonds. The molecule has 3 heteroatoms. The van der Waals surface area contributed by atoms with Gasteiger partial charge >= 0.3 is 0 Å². The first-order chi connectivity index (χ1) is 13.2. The third kappa shape index (κ3) is 47.1. The zero-order chi connectivity index (χ0) is 20.8. The SMILES string of the molecule is CCCCCCC[CH2][AlH2].CCCCCCC[CH2][AlH2].CCCCCCC[CH2][AlH2]. The zero-order valence-electron chi connectivity index (χ0n) is 20.8. The highest BCUT2D eigenvalue weighted by atomic mass is 27.1. The van der Waals surface area contributed by atoms with Crippen LogP contribution in [0.25, 0.3) is 0 Å². The van der Waals surface area contributed by atoms with E-state index in [-0.39, 0.29) is 0 Å². The highest BCUT2D eigenvalue weighted by Crippen LogP contribution is 2.06. The number of hydrogen-bond donors (Lipinski definition) is 0. The van der Waals surface area contributed by atoms with Crippen molar-refractivity contribution in [1.82, 2.24) is 0 Å². The van der Waals surface area contributed by atoms with Gasteiger partial charge in [-0.2, -0.15) is 0 Å². The average Bonchev–Trinajstić information content (AvgIpc) is 2.69. The van der Waals surface area contributed by atoms with Crippen molar-refractivity contribution in [1.29, 1.82) is 0 Å². The quantitative estimate of drug-likeness (QED) is 0.161. The molecule has 27 heavy (non-hydrogen) atoms. The van der Waals surface area contributed by atoms with Crippen molar-refractivity contribution in [3.05, 3.63) is 0 Å². The van der Waals surface area contributed by atoms with E-state index in [9.17, 15) is 0 Å². The van der Waals surface area contributed by atoms with Gasteiger partial charge in [0, 0.05) is 0 Å². The molecule has 0 aliphatic carbocycles. The van der Waals surface area contributed by atoms with Crippen LogP contribution < -0.4 is 0 Å². The molecule has 0 nitrogen and oxygen atoms in total. The smallest absolute Gasteiger partial charge is 0.101 e. The minimum Gasteiger partial charge on any atom is -0.101 e. The molecule has 0 saturated carbocycles. The summed E-state index contributed by atoms with van der Waals surface area (Å²) in [5.74, 6) is 0. The minimum atomic E-state index is 1.38. The first-order valence-corrected chi connectivity index (χ1v) is 17.5. The fourth-order valence-corrected chi connectivity index (χ4v) is 4.59. The van der Waals surface area contributed by atoms with Crippen molar-refractivity contribution in [3.8, 4) is 0 Å². The fraction of sp³-hybridized carbons (Fsp3) is 1.00. The molecule has 0 bridgehead atoms. The molecule has 0 aromatic heterocycles. The van der Waals surface area contributed by atoms with Crippen LogP contribution >= 0.6 is 0 Å². The molecule has 0 radical (unpaired) electrons. The maximum atomic E-state index is 2.27. The molecular formula is C24H57Al3. The minimum absolute atomic E-state index is 1.38. The van der Waals surface area contributed by atoms with Crippen molar-refractivity contribution in [2.24, 2.45) is 0 Å². The Morgan fingerprint density at radius 1 is 0.296 bits per heavy atom. The van der Waals surface area contributed by atoms with Crippen LogP contribution in [0, 0.1) is 0 Å². The highest BCUT2D eigenvalue weighted by molar-refractivity contribution is 6.08. The van der Waals surface area contributed by atoms with Gasteiger partial charge < -0.3 is 0 Å². The Labute approximate surface area is 200 Å². The first kappa shape index (κ1) is 33.2. The van der Waals surface area contributed by atoms with Crippen LogP contribution in [0.2, 0.25) is 15.8 Å². The molecule has 0 fully saturated rings. The van der Waals surface area contributed by atoms with E-state index in [1.54, 1.807) is 0 Å². The standard InChI is InChI=1S/3C8H17.3Al.6H/c3*1-3-5-7-8-6-4-2;;;;;;;;;/h3*1,3-8H2,2H3;;;;;;;;;. The molecule has 162 valence electrons. The largest absolute Gasteiger partial charge is 0.211 e. The fourth-order valence-electron chi connectivity index (χ4n) is 3.09. The van der Waals surface area contributed by atoms with Gasteiger partial charge in [-0.05, 0) is 0 Å². The van der Waals surface area contributed by atoms with Gasteiger partial charge in [-0.25, -0.2) is 0 Å². The van der Waals surface area contributed by atoms with Crippen LogP contribution in [0.5, 0.6) is 0 Å². The van der Waals surface area contributed by atoms with Gasteiger partial charge in [0.25, 0.3) is 0 Å². The summed E-state index contributed by atoms with van der Waals surface area (Å²) in [7, 11) is 0. The highest BCUT2D eigenvalue weighted by Gasteiger charge is 1.87. The van der Waals surface area contributed by atoms with Crippen LogP contribution in [0.4, 0.5) is 0 Å². The second-order valence-corrected chi connectivity index (χ2v) is 11.3. The third-order valence-corrected chi connectivity index (χ3v) is 7.24. The van der Waals surface area contributed by atoms with Crippen LogP contribution in [0.3, 0.4) is 0 Å². The monoisotopic (exact) mass is 426 g/mol. The summed E-state index contributed by atoms with van der Waals surface area (Å²) in [6.07, 6.45) is 26.3. The van der Waals surface area contributed by atoms with Gasteiger partial charge in [0.05, 0.1) is 0 Å². The molecule has 0 spiro atoms.